The van der Waals surface area contributed by atoms with E-state index in [1.165, 1.54) is 6.08 Å². The summed E-state index contributed by atoms with van der Waals surface area (Å²) >= 11 is 3.33. The van der Waals surface area contributed by atoms with Crippen molar-refractivity contribution in [3.63, 3.8) is 0 Å². The predicted octanol–water partition coefficient (Wildman–Crippen LogP) is 4.31. The number of ketones is 1. The highest BCUT2D eigenvalue weighted by atomic mass is 79.9. The van der Waals surface area contributed by atoms with Gasteiger partial charge in [-0.25, -0.2) is 0 Å². The molecule has 2 rings (SSSR count). The van der Waals surface area contributed by atoms with Crippen LogP contribution in [0.25, 0.3) is 0 Å². The second kappa shape index (κ2) is 7.20. The third kappa shape index (κ3) is 4.55. The van der Waals surface area contributed by atoms with E-state index in [1.54, 1.807) is 25.3 Å². The van der Waals surface area contributed by atoms with E-state index >= 15 is 0 Å². The Balaban J connectivity index is 2.00. The van der Waals surface area contributed by atoms with E-state index in [9.17, 15) is 9.90 Å². The number of aliphatic hydroxyl groups is 1. The molecule has 4 heteroatoms. The first-order valence-electron chi connectivity index (χ1n) is 6.57. The van der Waals surface area contributed by atoms with Crippen LogP contribution in [0.15, 0.2) is 65.3 Å². The maximum atomic E-state index is 11.9. The zero-order valence-corrected chi connectivity index (χ0v) is 13.2. The van der Waals surface area contributed by atoms with Crippen molar-refractivity contribution in [3.05, 3.63) is 76.4 Å². The summed E-state index contributed by atoms with van der Waals surface area (Å²) in [6.07, 6.45) is 2.57. The van der Waals surface area contributed by atoms with Gasteiger partial charge in [0.25, 0.3) is 0 Å². The normalized spacial score (nSPS) is 12.3. The van der Waals surface area contributed by atoms with Crippen LogP contribution in [0.3, 0.4) is 0 Å². The molecule has 2 aromatic rings. The first-order valence-corrected chi connectivity index (χ1v) is 7.36. The molecule has 0 bridgehead atoms. The molecule has 0 unspecified atom stereocenters. The second-order valence-electron chi connectivity index (χ2n) is 4.65. The molecule has 0 aliphatic heterocycles. The Labute approximate surface area is 132 Å². The molecule has 0 fully saturated rings. The van der Waals surface area contributed by atoms with E-state index in [-0.39, 0.29) is 5.78 Å². The Kier molecular flexibility index (Phi) is 5.31. The van der Waals surface area contributed by atoms with Gasteiger partial charge in [-0.2, -0.15) is 0 Å². The number of allylic oxidation sites excluding steroid dienone is 1. The van der Waals surface area contributed by atoms with Gasteiger partial charge in [-0.1, -0.05) is 28.1 Å². The largest absolute Gasteiger partial charge is 0.389 e. The number of carbonyl (C=O) groups is 1. The zero-order valence-electron chi connectivity index (χ0n) is 11.6. The molecule has 2 aromatic carbocycles. The highest BCUT2D eigenvalue weighted by Gasteiger charge is 2.02. The lowest BCUT2D eigenvalue weighted by molar-refractivity contribution is 0.104. The van der Waals surface area contributed by atoms with Gasteiger partial charge in [-0.05, 0) is 48.9 Å². The molecular formula is C17H16BrNO2. The monoisotopic (exact) mass is 345 g/mol. The topological polar surface area (TPSA) is 49.3 Å². The Hall–Kier alpha value is -1.91. The lowest BCUT2D eigenvalue weighted by Gasteiger charge is -2.07. The molecule has 108 valence electrons. The van der Waals surface area contributed by atoms with E-state index < -0.39 is 6.10 Å². The van der Waals surface area contributed by atoms with Crippen molar-refractivity contribution in [1.29, 1.82) is 0 Å². The number of nitrogens with one attached hydrogen (secondary N) is 1. The lowest BCUT2D eigenvalue weighted by Crippen LogP contribution is -1.97. The van der Waals surface area contributed by atoms with Crippen LogP contribution in [0.4, 0.5) is 5.69 Å². The van der Waals surface area contributed by atoms with Gasteiger partial charge in [0.2, 0.25) is 0 Å². The molecule has 0 saturated heterocycles. The van der Waals surface area contributed by atoms with Crippen molar-refractivity contribution in [2.45, 2.75) is 13.0 Å². The molecule has 0 saturated carbocycles. The molecule has 21 heavy (non-hydrogen) atoms. The second-order valence-corrected chi connectivity index (χ2v) is 5.57. The zero-order chi connectivity index (χ0) is 15.2. The number of anilines is 1. The third-order valence-corrected chi connectivity index (χ3v) is 3.51. The quantitative estimate of drug-likeness (QED) is 0.627. The summed E-state index contributed by atoms with van der Waals surface area (Å²) in [5.41, 5.74) is 2.29. The Morgan fingerprint density at radius 2 is 1.95 bits per heavy atom. The van der Waals surface area contributed by atoms with Crippen LogP contribution in [0.1, 0.15) is 28.9 Å². The lowest BCUT2D eigenvalue weighted by atomic mass is 10.1. The number of rotatable bonds is 5. The van der Waals surface area contributed by atoms with Crippen LogP contribution in [0.5, 0.6) is 0 Å². The number of hydrogen-bond donors (Lipinski definition) is 2. The number of hydrogen-bond acceptors (Lipinski definition) is 3. The van der Waals surface area contributed by atoms with Gasteiger partial charge >= 0.3 is 0 Å². The van der Waals surface area contributed by atoms with E-state index in [2.05, 4.69) is 21.2 Å². The van der Waals surface area contributed by atoms with E-state index in [0.717, 1.165) is 15.7 Å². The van der Waals surface area contributed by atoms with Crippen molar-refractivity contribution in [1.82, 2.24) is 0 Å². The molecule has 2 N–H and O–H groups in total. The minimum Gasteiger partial charge on any atom is -0.389 e. The predicted molar refractivity (Wildman–Crippen MR) is 88.3 cm³/mol. The Morgan fingerprint density at radius 3 is 2.62 bits per heavy atom. The van der Waals surface area contributed by atoms with Crippen LogP contribution in [0.2, 0.25) is 0 Å². The average molecular weight is 346 g/mol. The summed E-state index contributed by atoms with van der Waals surface area (Å²) in [6.45, 7) is 1.71. The van der Waals surface area contributed by atoms with E-state index in [4.69, 9.17) is 0 Å². The fourth-order valence-corrected chi connectivity index (χ4v) is 2.08. The van der Waals surface area contributed by atoms with Crippen LogP contribution in [-0.2, 0) is 0 Å². The summed E-state index contributed by atoms with van der Waals surface area (Å²) < 4.78 is 0.941. The van der Waals surface area contributed by atoms with Crippen LogP contribution in [-0.4, -0.2) is 10.9 Å². The maximum Gasteiger partial charge on any atom is 0.187 e. The standard InChI is InChI=1S/C17H16BrNO2/c1-12(20)14-3-2-4-16(11-14)19-10-9-17(21)13-5-7-15(18)8-6-13/h2-12,19-20H,1H3/b10-9+/t12-/m0/s1. The van der Waals surface area contributed by atoms with Gasteiger partial charge in [0.1, 0.15) is 0 Å². The van der Waals surface area contributed by atoms with Crippen LogP contribution >= 0.6 is 15.9 Å². The van der Waals surface area contributed by atoms with Crippen molar-refractivity contribution in [2.75, 3.05) is 5.32 Å². The van der Waals surface area contributed by atoms with Crippen LogP contribution < -0.4 is 5.32 Å². The summed E-state index contributed by atoms with van der Waals surface area (Å²) in [5, 5.41) is 12.6. The SMILES string of the molecule is C[C@H](O)c1cccc(N/C=C/C(=O)c2ccc(Br)cc2)c1. The summed E-state index contributed by atoms with van der Waals surface area (Å²) in [5.74, 6) is -0.0679. The number of halogens is 1. The van der Waals surface area contributed by atoms with Crippen molar-refractivity contribution < 1.29 is 9.90 Å². The number of benzene rings is 2. The van der Waals surface area contributed by atoms with Gasteiger partial charge < -0.3 is 10.4 Å². The third-order valence-electron chi connectivity index (χ3n) is 2.98. The summed E-state index contributed by atoms with van der Waals surface area (Å²) in [7, 11) is 0. The first-order chi connectivity index (χ1) is 10.1. The van der Waals surface area contributed by atoms with Gasteiger partial charge in [0.05, 0.1) is 6.10 Å². The van der Waals surface area contributed by atoms with Crippen LogP contribution in [0, 0.1) is 0 Å². The highest BCUT2D eigenvalue weighted by molar-refractivity contribution is 9.10. The molecular weight excluding hydrogens is 330 g/mol. The first kappa shape index (κ1) is 15.5. The minimum atomic E-state index is -0.514. The molecule has 0 amide bonds. The molecule has 0 aliphatic carbocycles. The van der Waals surface area contributed by atoms with E-state index in [0.29, 0.717) is 5.56 Å². The summed E-state index contributed by atoms with van der Waals surface area (Å²) in [4.78, 5) is 11.9. The minimum absolute atomic E-state index is 0.0679. The summed E-state index contributed by atoms with van der Waals surface area (Å²) in [6, 6.07) is 14.6. The molecule has 0 heterocycles. The molecule has 0 radical (unpaired) electrons. The fraction of sp³-hybridized carbons (Fsp3) is 0.118. The van der Waals surface area contributed by atoms with Crippen molar-refractivity contribution >= 4 is 27.4 Å². The average Bonchev–Trinajstić information content (AvgIpc) is 2.48. The van der Waals surface area contributed by atoms with Gasteiger partial charge in [0, 0.05) is 28.0 Å². The van der Waals surface area contributed by atoms with E-state index in [1.807, 2.05) is 36.4 Å². The van der Waals surface area contributed by atoms with Gasteiger partial charge in [0.15, 0.2) is 5.78 Å². The van der Waals surface area contributed by atoms with Crippen molar-refractivity contribution in [3.8, 4) is 0 Å². The number of carbonyl (C=O) groups excluding carboxylic acids is 1. The smallest absolute Gasteiger partial charge is 0.187 e. The molecule has 0 aromatic heterocycles. The maximum absolute atomic E-state index is 11.9. The molecule has 0 spiro atoms. The highest BCUT2D eigenvalue weighted by Crippen LogP contribution is 2.17. The molecule has 3 nitrogen and oxygen atoms in total. The number of aliphatic hydroxyl groups excluding tert-OH is 1. The van der Waals surface area contributed by atoms with Crippen molar-refractivity contribution in [2.24, 2.45) is 0 Å². The Morgan fingerprint density at radius 1 is 1.24 bits per heavy atom. The fourth-order valence-electron chi connectivity index (χ4n) is 1.81. The Bertz CT molecular complexity index is 648. The molecule has 0 aliphatic rings. The van der Waals surface area contributed by atoms with Gasteiger partial charge in [-0.15, -0.1) is 0 Å². The van der Waals surface area contributed by atoms with Gasteiger partial charge in [-0.3, -0.25) is 4.79 Å². The molecule has 1 atom stereocenters.